The Kier molecular flexibility index (Phi) is 6.54. The normalized spacial score (nSPS) is 14.8. The topological polar surface area (TPSA) is 80.1 Å². The third-order valence-electron chi connectivity index (χ3n) is 4.47. The van der Waals surface area contributed by atoms with E-state index in [-0.39, 0.29) is 6.03 Å². The molecule has 146 valence electrons. The van der Waals surface area contributed by atoms with E-state index in [4.69, 9.17) is 14.0 Å². The SMILES string of the molecule is COc1cccc(OCCN2CCN(C(=O)NCc3cc(C)no3)CC2)c1. The second-order valence-corrected chi connectivity index (χ2v) is 6.45. The number of rotatable bonds is 7. The van der Waals surface area contributed by atoms with Crippen molar-refractivity contribution in [2.24, 2.45) is 0 Å². The number of carbonyl (C=O) groups excluding carboxylic acids is 1. The molecule has 1 aliphatic heterocycles. The molecule has 27 heavy (non-hydrogen) atoms. The van der Waals surface area contributed by atoms with Crippen LogP contribution in [0.1, 0.15) is 11.5 Å². The van der Waals surface area contributed by atoms with Crippen LogP contribution in [0.3, 0.4) is 0 Å². The van der Waals surface area contributed by atoms with E-state index in [1.807, 2.05) is 42.2 Å². The molecule has 0 aliphatic carbocycles. The van der Waals surface area contributed by atoms with Crippen molar-refractivity contribution in [3.63, 3.8) is 0 Å². The summed E-state index contributed by atoms with van der Waals surface area (Å²) in [4.78, 5) is 16.4. The Hall–Kier alpha value is -2.74. The van der Waals surface area contributed by atoms with Crippen LogP contribution in [0.5, 0.6) is 11.5 Å². The molecule has 1 aliphatic rings. The van der Waals surface area contributed by atoms with E-state index in [2.05, 4.69) is 15.4 Å². The fourth-order valence-electron chi connectivity index (χ4n) is 2.93. The molecular formula is C19H26N4O4. The molecule has 1 aromatic carbocycles. The summed E-state index contributed by atoms with van der Waals surface area (Å²) in [5, 5.41) is 6.68. The fourth-order valence-corrected chi connectivity index (χ4v) is 2.93. The molecule has 1 fully saturated rings. The molecule has 8 nitrogen and oxygen atoms in total. The average Bonchev–Trinajstić information content (AvgIpc) is 3.12. The first kappa shape index (κ1) is 19.0. The number of hydrogen-bond acceptors (Lipinski definition) is 6. The van der Waals surface area contributed by atoms with Crippen molar-refractivity contribution in [1.82, 2.24) is 20.3 Å². The first-order valence-electron chi connectivity index (χ1n) is 9.08. The standard InChI is InChI=1S/C19H26N4O4/c1-15-12-18(27-21-15)14-20-19(24)23-8-6-22(7-9-23)10-11-26-17-5-3-4-16(13-17)25-2/h3-5,12-13H,6-11,14H2,1-2H3,(H,20,24). The third kappa shape index (κ3) is 5.62. The number of nitrogens with one attached hydrogen (secondary N) is 1. The van der Waals surface area contributed by atoms with Gasteiger partial charge >= 0.3 is 6.03 Å². The molecule has 2 amide bonds. The van der Waals surface area contributed by atoms with Crippen LogP contribution < -0.4 is 14.8 Å². The van der Waals surface area contributed by atoms with E-state index >= 15 is 0 Å². The van der Waals surface area contributed by atoms with E-state index in [1.54, 1.807) is 7.11 Å². The Morgan fingerprint density at radius 2 is 2.00 bits per heavy atom. The second kappa shape index (κ2) is 9.27. The van der Waals surface area contributed by atoms with Gasteiger partial charge in [-0.2, -0.15) is 0 Å². The number of piperazine rings is 1. The van der Waals surface area contributed by atoms with Gasteiger partial charge in [-0.3, -0.25) is 4.90 Å². The maximum atomic E-state index is 12.2. The number of ether oxygens (including phenoxy) is 2. The van der Waals surface area contributed by atoms with Gasteiger partial charge in [0.15, 0.2) is 5.76 Å². The van der Waals surface area contributed by atoms with Gasteiger partial charge in [-0.25, -0.2) is 4.79 Å². The molecule has 0 unspecified atom stereocenters. The number of benzene rings is 1. The van der Waals surface area contributed by atoms with Crippen LogP contribution in [0.2, 0.25) is 0 Å². The van der Waals surface area contributed by atoms with Crippen LogP contribution >= 0.6 is 0 Å². The molecule has 8 heteroatoms. The number of carbonyl (C=O) groups is 1. The average molecular weight is 374 g/mol. The lowest BCUT2D eigenvalue weighted by Crippen LogP contribution is -2.52. The van der Waals surface area contributed by atoms with Gasteiger partial charge < -0.3 is 24.2 Å². The van der Waals surface area contributed by atoms with Gasteiger partial charge in [0.1, 0.15) is 18.1 Å². The first-order chi connectivity index (χ1) is 13.1. The maximum Gasteiger partial charge on any atom is 0.317 e. The molecule has 2 aromatic rings. The molecule has 1 N–H and O–H groups in total. The first-order valence-corrected chi connectivity index (χ1v) is 9.08. The van der Waals surface area contributed by atoms with Crippen molar-refractivity contribution in [3.05, 3.63) is 41.8 Å². The molecule has 0 saturated carbocycles. The van der Waals surface area contributed by atoms with E-state index in [9.17, 15) is 4.79 Å². The van der Waals surface area contributed by atoms with E-state index in [1.165, 1.54) is 0 Å². The van der Waals surface area contributed by atoms with Crippen LogP contribution in [-0.4, -0.2) is 67.4 Å². The lowest BCUT2D eigenvalue weighted by atomic mass is 10.3. The Morgan fingerprint density at radius 3 is 2.70 bits per heavy atom. The largest absolute Gasteiger partial charge is 0.497 e. The predicted octanol–water partition coefficient (Wildman–Crippen LogP) is 1.90. The molecule has 0 atom stereocenters. The maximum absolute atomic E-state index is 12.2. The van der Waals surface area contributed by atoms with Gasteiger partial charge in [-0.1, -0.05) is 11.2 Å². The molecule has 2 heterocycles. The Morgan fingerprint density at radius 1 is 1.22 bits per heavy atom. The number of hydrogen-bond donors (Lipinski definition) is 1. The molecular weight excluding hydrogens is 348 g/mol. The van der Waals surface area contributed by atoms with Crippen LogP contribution in [0, 0.1) is 6.92 Å². The zero-order valence-electron chi connectivity index (χ0n) is 15.8. The minimum atomic E-state index is -0.0728. The highest BCUT2D eigenvalue weighted by atomic mass is 16.5. The number of methoxy groups -OCH3 is 1. The lowest BCUT2D eigenvalue weighted by Gasteiger charge is -2.34. The second-order valence-electron chi connectivity index (χ2n) is 6.45. The highest BCUT2D eigenvalue weighted by molar-refractivity contribution is 5.74. The number of urea groups is 1. The summed E-state index contributed by atoms with van der Waals surface area (Å²) in [6.07, 6.45) is 0. The predicted molar refractivity (Wildman–Crippen MR) is 100.0 cm³/mol. The summed E-state index contributed by atoms with van der Waals surface area (Å²) in [6.45, 7) is 6.68. The number of nitrogens with zero attached hydrogens (tertiary/aromatic N) is 3. The van der Waals surface area contributed by atoms with Crippen LogP contribution in [0.15, 0.2) is 34.9 Å². The van der Waals surface area contributed by atoms with E-state index in [0.29, 0.717) is 32.0 Å². The van der Waals surface area contributed by atoms with Crippen molar-refractivity contribution in [2.75, 3.05) is 46.4 Å². The van der Waals surface area contributed by atoms with Crippen molar-refractivity contribution >= 4 is 6.03 Å². The molecule has 0 radical (unpaired) electrons. The smallest absolute Gasteiger partial charge is 0.317 e. The highest BCUT2D eigenvalue weighted by Crippen LogP contribution is 2.18. The minimum absolute atomic E-state index is 0.0728. The molecule has 0 bridgehead atoms. The van der Waals surface area contributed by atoms with E-state index < -0.39 is 0 Å². The summed E-state index contributed by atoms with van der Waals surface area (Å²) < 4.78 is 16.1. The third-order valence-corrected chi connectivity index (χ3v) is 4.47. The van der Waals surface area contributed by atoms with E-state index in [0.717, 1.165) is 36.8 Å². The number of amides is 2. The quantitative estimate of drug-likeness (QED) is 0.797. The van der Waals surface area contributed by atoms with Crippen LogP contribution in [0.4, 0.5) is 4.79 Å². The van der Waals surface area contributed by atoms with Gasteiger partial charge in [-0.05, 0) is 19.1 Å². The van der Waals surface area contributed by atoms with Gasteiger partial charge in [0.2, 0.25) is 0 Å². The molecule has 1 saturated heterocycles. The number of aromatic nitrogens is 1. The van der Waals surface area contributed by atoms with Crippen molar-refractivity contribution in [2.45, 2.75) is 13.5 Å². The Balaban J connectivity index is 1.34. The summed E-state index contributed by atoms with van der Waals surface area (Å²) >= 11 is 0. The van der Waals surface area contributed by atoms with Crippen LogP contribution in [0.25, 0.3) is 0 Å². The summed E-state index contributed by atoms with van der Waals surface area (Å²) in [6, 6.07) is 9.34. The molecule has 1 aromatic heterocycles. The minimum Gasteiger partial charge on any atom is -0.497 e. The van der Waals surface area contributed by atoms with Crippen LogP contribution in [-0.2, 0) is 6.54 Å². The molecule has 3 rings (SSSR count). The van der Waals surface area contributed by atoms with Crippen molar-refractivity contribution in [1.29, 1.82) is 0 Å². The Labute approximate surface area is 159 Å². The van der Waals surface area contributed by atoms with Crippen molar-refractivity contribution < 1.29 is 18.8 Å². The Bertz CT molecular complexity index is 741. The van der Waals surface area contributed by atoms with Gasteiger partial charge in [0.25, 0.3) is 0 Å². The summed E-state index contributed by atoms with van der Waals surface area (Å²) in [5.74, 6) is 2.25. The molecule has 0 spiro atoms. The highest BCUT2D eigenvalue weighted by Gasteiger charge is 2.21. The monoisotopic (exact) mass is 374 g/mol. The number of aryl methyl sites for hydroxylation is 1. The zero-order chi connectivity index (χ0) is 19.1. The fraction of sp³-hybridized carbons (Fsp3) is 0.474. The summed E-state index contributed by atoms with van der Waals surface area (Å²) in [5.41, 5.74) is 0.809. The van der Waals surface area contributed by atoms with Gasteiger partial charge in [-0.15, -0.1) is 0 Å². The van der Waals surface area contributed by atoms with Gasteiger partial charge in [0, 0.05) is 44.9 Å². The zero-order valence-corrected chi connectivity index (χ0v) is 15.8. The summed E-state index contributed by atoms with van der Waals surface area (Å²) in [7, 11) is 1.64. The van der Waals surface area contributed by atoms with Gasteiger partial charge in [0.05, 0.1) is 19.3 Å². The lowest BCUT2D eigenvalue weighted by molar-refractivity contribution is 0.125. The van der Waals surface area contributed by atoms with Crippen molar-refractivity contribution in [3.8, 4) is 11.5 Å².